The minimum absolute atomic E-state index is 0.264. The summed E-state index contributed by atoms with van der Waals surface area (Å²) >= 11 is 0. The van der Waals surface area contributed by atoms with Crippen molar-refractivity contribution in [1.82, 2.24) is 9.62 Å². The van der Waals surface area contributed by atoms with Crippen molar-refractivity contribution in [2.24, 2.45) is 0 Å². The summed E-state index contributed by atoms with van der Waals surface area (Å²) in [6.07, 6.45) is 0.679. The van der Waals surface area contributed by atoms with Gasteiger partial charge in [0.05, 0.1) is 0 Å². The van der Waals surface area contributed by atoms with Crippen LogP contribution in [-0.2, 0) is 10.0 Å². The third kappa shape index (κ3) is 5.31. The van der Waals surface area contributed by atoms with E-state index in [1.807, 2.05) is 6.92 Å². The van der Waals surface area contributed by atoms with E-state index in [0.29, 0.717) is 6.42 Å². The molecule has 7 heteroatoms. The Kier molecular flexibility index (Phi) is 6.69. The topological polar surface area (TPSA) is 52.6 Å². The quantitative estimate of drug-likeness (QED) is 0.769. The van der Waals surface area contributed by atoms with Gasteiger partial charge in [0.25, 0.3) is 0 Å². The molecule has 2 aromatic carbocycles. The Morgan fingerprint density at radius 1 is 1.07 bits per heavy atom. The van der Waals surface area contributed by atoms with Gasteiger partial charge in [0, 0.05) is 37.9 Å². The fraction of sp³-hybridized carbons (Fsp3) is 0.429. The molecule has 1 aliphatic rings. The Morgan fingerprint density at radius 2 is 1.79 bits per heavy atom. The molecule has 0 aromatic heterocycles. The molecule has 0 amide bonds. The third-order valence-electron chi connectivity index (χ3n) is 5.10. The minimum atomic E-state index is -3.84. The average Bonchev–Trinajstić information content (AvgIpc) is 2.66. The van der Waals surface area contributed by atoms with Gasteiger partial charge in [-0.1, -0.05) is 24.3 Å². The van der Waals surface area contributed by atoms with Crippen LogP contribution in [0.1, 0.15) is 18.9 Å². The molecule has 1 saturated heterocycles. The summed E-state index contributed by atoms with van der Waals surface area (Å²) < 4.78 is 41.1. The lowest BCUT2D eigenvalue weighted by Gasteiger charge is -2.36. The van der Waals surface area contributed by atoms with Crippen LogP contribution in [0.2, 0.25) is 0 Å². The number of nitrogens with zero attached hydrogens (tertiary/aromatic N) is 2. The fourth-order valence-corrected chi connectivity index (χ4v) is 4.84. The molecular formula is C21H28FN3O2S. The van der Waals surface area contributed by atoms with E-state index in [1.165, 1.54) is 29.4 Å². The molecule has 0 radical (unpaired) electrons. The Morgan fingerprint density at radius 3 is 2.46 bits per heavy atom. The summed E-state index contributed by atoms with van der Waals surface area (Å²) in [4.78, 5) is 4.43. The molecule has 1 aliphatic heterocycles. The van der Waals surface area contributed by atoms with Crippen molar-refractivity contribution >= 4 is 15.7 Å². The van der Waals surface area contributed by atoms with Gasteiger partial charge in [-0.2, -0.15) is 0 Å². The highest BCUT2D eigenvalue weighted by molar-refractivity contribution is 7.89. The molecule has 5 nitrogen and oxygen atoms in total. The lowest BCUT2D eigenvalue weighted by Crippen LogP contribution is -2.47. The highest BCUT2D eigenvalue weighted by atomic mass is 32.2. The van der Waals surface area contributed by atoms with Crippen LogP contribution in [0, 0.1) is 12.7 Å². The summed E-state index contributed by atoms with van der Waals surface area (Å²) in [6, 6.07) is 13.7. The maximum Gasteiger partial charge on any atom is 0.243 e. The van der Waals surface area contributed by atoms with Crippen molar-refractivity contribution in [3.63, 3.8) is 0 Å². The summed E-state index contributed by atoms with van der Waals surface area (Å²) in [5.41, 5.74) is 2.52. The van der Waals surface area contributed by atoms with Crippen LogP contribution in [0.15, 0.2) is 53.4 Å². The molecule has 1 fully saturated rings. The maximum absolute atomic E-state index is 13.8. The summed E-state index contributed by atoms with van der Waals surface area (Å²) in [5, 5.41) is 0. The van der Waals surface area contributed by atoms with Gasteiger partial charge in [-0.25, -0.2) is 17.5 Å². The molecule has 0 bridgehead atoms. The van der Waals surface area contributed by atoms with Gasteiger partial charge < -0.3 is 4.90 Å². The molecular weight excluding hydrogens is 377 g/mol. The van der Waals surface area contributed by atoms with Crippen molar-refractivity contribution < 1.29 is 12.8 Å². The van der Waals surface area contributed by atoms with E-state index in [0.717, 1.165) is 38.8 Å². The number of hydrogen-bond donors (Lipinski definition) is 1. The van der Waals surface area contributed by atoms with Crippen LogP contribution >= 0.6 is 0 Å². The average molecular weight is 406 g/mol. The van der Waals surface area contributed by atoms with Gasteiger partial charge in [0.1, 0.15) is 10.7 Å². The zero-order valence-corrected chi connectivity index (χ0v) is 17.3. The second-order valence-corrected chi connectivity index (χ2v) is 9.09. The van der Waals surface area contributed by atoms with Gasteiger partial charge in [-0.05, 0) is 56.6 Å². The molecule has 0 unspecified atom stereocenters. The minimum Gasteiger partial charge on any atom is -0.369 e. The van der Waals surface area contributed by atoms with E-state index in [2.05, 4.69) is 45.7 Å². The third-order valence-corrected chi connectivity index (χ3v) is 6.72. The van der Waals surface area contributed by atoms with Gasteiger partial charge in [-0.3, -0.25) is 4.90 Å². The fourth-order valence-electron chi connectivity index (χ4n) is 3.48. The van der Waals surface area contributed by atoms with Crippen LogP contribution < -0.4 is 9.62 Å². The van der Waals surface area contributed by atoms with Crippen LogP contribution in [0.5, 0.6) is 0 Å². The number of halogens is 1. The molecule has 152 valence electrons. The van der Waals surface area contributed by atoms with Crippen molar-refractivity contribution in [3.05, 3.63) is 59.9 Å². The highest BCUT2D eigenvalue weighted by Crippen LogP contribution is 2.18. The summed E-state index contributed by atoms with van der Waals surface area (Å²) in [6.45, 7) is 8.53. The standard InChI is InChI=1S/C21H28FN3O2S/c1-17-6-5-7-19(16-17)25-14-12-24(13-15-25)11-10-18(2)23-28(26,27)21-9-4-3-8-20(21)22/h3-9,16,18,23H,10-15H2,1-2H3/t18-/m1/s1. The second kappa shape index (κ2) is 9.03. The second-order valence-electron chi connectivity index (χ2n) is 7.41. The Balaban J connectivity index is 1.47. The summed E-state index contributed by atoms with van der Waals surface area (Å²) in [7, 11) is -3.84. The lowest BCUT2D eigenvalue weighted by molar-refractivity contribution is 0.248. The number of aryl methyl sites for hydroxylation is 1. The zero-order valence-electron chi connectivity index (χ0n) is 16.4. The van der Waals surface area contributed by atoms with E-state index in [-0.39, 0.29) is 10.9 Å². The van der Waals surface area contributed by atoms with Crippen molar-refractivity contribution in [2.75, 3.05) is 37.6 Å². The molecule has 1 atom stereocenters. The number of hydrogen-bond acceptors (Lipinski definition) is 4. The first-order valence-electron chi connectivity index (χ1n) is 9.66. The summed E-state index contributed by atoms with van der Waals surface area (Å²) in [5.74, 6) is -0.727. The van der Waals surface area contributed by atoms with Gasteiger partial charge in [0.15, 0.2) is 0 Å². The molecule has 3 rings (SSSR count). The first-order valence-corrected chi connectivity index (χ1v) is 11.1. The smallest absolute Gasteiger partial charge is 0.243 e. The Labute approximate surface area is 167 Å². The molecule has 1 heterocycles. The van der Waals surface area contributed by atoms with E-state index < -0.39 is 15.8 Å². The Hall–Kier alpha value is -1.96. The number of sulfonamides is 1. The highest BCUT2D eigenvalue weighted by Gasteiger charge is 2.22. The van der Waals surface area contributed by atoms with E-state index in [9.17, 15) is 12.8 Å². The first kappa shape index (κ1) is 20.8. The maximum atomic E-state index is 13.8. The molecule has 0 spiro atoms. The monoisotopic (exact) mass is 405 g/mol. The lowest BCUT2D eigenvalue weighted by atomic mass is 10.2. The van der Waals surface area contributed by atoms with Crippen LogP contribution in [0.25, 0.3) is 0 Å². The predicted molar refractivity (Wildman–Crippen MR) is 111 cm³/mol. The number of piperazine rings is 1. The number of benzene rings is 2. The molecule has 1 N–H and O–H groups in total. The van der Waals surface area contributed by atoms with Gasteiger partial charge in [-0.15, -0.1) is 0 Å². The predicted octanol–water partition coefficient (Wildman–Crippen LogP) is 3.01. The van der Waals surface area contributed by atoms with Crippen molar-refractivity contribution in [1.29, 1.82) is 0 Å². The van der Waals surface area contributed by atoms with Crippen LogP contribution in [0.3, 0.4) is 0 Å². The van der Waals surface area contributed by atoms with Gasteiger partial charge in [0.2, 0.25) is 10.0 Å². The van der Waals surface area contributed by atoms with Crippen molar-refractivity contribution in [3.8, 4) is 0 Å². The molecule has 28 heavy (non-hydrogen) atoms. The number of anilines is 1. The Bertz CT molecular complexity index is 896. The molecule has 0 saturated carbocycles. The van der Waals surface area contributed by atoms with E-state index in [1.54, 1.807) is 0 Å². The first-order chi connectivity index (χ1) is 13.3. The van der Waals surface area contributed by atoms with Crippen molar-refractivity contribution in [2.45, 2.75) is 31.2 Å². The van der Waals surface area contributed by atoms with E-state index >= 15 is 0 Å². The van der Waals surface area contributed by atoms with Gasteiger partial charge >= 0.3 is 0 Å². The van der Waals surface area contributed by atoms with E-state index in [4.69, 9.17) is 0 Å². The normalized spacial score (nSPS) is 16.9. The molecule has 0 aliphatic carbocycles. The number of nitrogens with one attached hydrogen (secondary N) is 1. The number of rotatable bonds is 7. The SMILES string of the molecule is Cc1cccc(N2CCN(CC[C@@H](C)NS(=O)(=O)c3ccccc3F)CC2)c1. The zero-order chi connectivity index (χ0) is 20.1. The van der Waals surface area contributed by atoms with Crippen LogP contribution in [0.4, 0.5) is 10.1 Å². The van der Waals surface area contributed by atoms with Crippen LogP contribution in [-0.4, -0.2) is 52.1 Å². The largest absolute Gasteiger partial charge is 0.369 e. The molecule has 2 aromatic rings.